The van der Waals surface area contributed by atoms with E-state index in [-0.39, 0.29) is 17.4 Å². The first-order valence-corrected chi connectivity index (χ1v) is 7.29. The van der Waals surface area contributed by atoms with Crippen molar-refractivity contribution in [2.45, 2.75) is 30.3 Å². The molecule has 1 fully saturated rings. The Kier molecular flexibility index (Phi) is 5.58. The summed E-state index contributed by atoms with van der Waals surface area (Å²) in [4.78, 5) is 0. The van der Waals surface area contributed by atoms with Gasteiger partial charge in [-0.25, -0.2) is 13.1 Å². The molecular weight excluding hydrogens is 276 g/mol. The monoisotopic (exact) mass is 294 g/mol. The number of nitrogens with one attached hydrogen (secondary N) is 2. The van der Waals surface area contributed by atoms with E-state index in [4.69, 9.17) is 0 Å². The fourth-order valence-corrected chi connectivity index (χ4v) is 3.24. The lowest BCUT2D eigenvalue weighted by molar-refractivity contribution is 0.533. The molecule has 0 aromatic carbocycles. The first kappa shape index (κ1) is 15.4. The predicted molar refractivity (Wildman–Crippen MR) is 71.3 cm³/mol. The van der Waals surface area contributed by atoms with E-state index >= 15 is 0 Å². The third kappa shape index (κ3) is 3.68. The minimum atomic E-state index is -3.42. The van der Waals surface area contributed by atoms with Crippen LogP contribution in [0.15, 0.2) is 17.3 Å². The van der Waals surface area contributed by atoms with Gasteiger partial charge in [0.15, 0.2) is 5.03 Å². The molecule has 2 N–H and O–H groups in total. The van der Waals surface area contributed by atoms with Gasteiger partial charge in [-0.05, 0) is 31.9 Å². The summed E-state index contributed by atoms with van der Waals surface area (Å²) in [6, 6.07) is 1.94. The molecule has 0 saturated carbocycles. The van der Waals surface area contributed by atoms with E-state index in [1.165, 1.54) is 23.4 Å². The summed E-state index contributed by atoms with van der Waals surface area (Å²) in [6.07, 6.45) is 4.62. The fraction of sp³-hybridized carbons (Fsp3) is 0.700. The van der Waals surface area contributed by atoms with Crippen LogP contribution < -0.4 is 10.0 Å². The second-order valence-corrected chi connectivity index (χ2v) is 5.99. The Morgan fingerprint density at radius 1 is 1.61 bits per heavy atom. The van der Waals surface area contributed by atoms with Gasteiger partial charge in [0.1, 0.15) is 0 Å². The molecule has 0 unspecified atom stereocenters. The van der Waals surface area contributed by atoms with Gasteiger partial charge in [0.2, 0.25) is 0 Å². The average molecular weight is 295 g/mol. The van der Waals surface area contributed by atoms with Crippen molar-refractivity contribution in [3.8, 4) is 0 Å². The van der Waals surface area contributed by atoms with Gasteiger partial charge < -0.3 is 5.32 Å². The lowest BCUT2D eigenvalue weighted by Gasteiger charge is -2.11. The molecule has 0 amide bonds. The zero-order chi connectivity index (χ0) is 12.3. The minimum absolute atomic E-state index is 0. The van der Waals surface area contributed by atoms with E-state index in [0.717, 1.165) is 19.4 Å². The molecule has 104 valence electrons. The minimum Gasteiger partial charge on any atom is -0.314 e. The zero-order valence-corrected chi connectivity index (χ0v) is 11.9. The van der Waals surface area contributed by atoms with E-state index in [1.54, 1.807) is 7.05 Å². The molecule has 1 aromatic rings. The third-order valence-electron chi connectivity index (χ3n) is 3.00. The summed E-state index contributed by atoms with van der Waals surface area (Å²) in [5.41, 5.74) is 0. The number of aromatic nitrogens is 2. The van der Waals surface area contributed by atoms with Crippen LogP contribution in [0.1, 0.15) is 19.3 Å². The maximum absolute atomic E-state index is 11.9. The van der Waals surface area contributed by atoms with Gasteiger partial charge in [0.05, 0.1) is 6.20 Å². The highest BCUT2D eigenvalue weighted by Gasteiger charge is 2.19. The standard InChI is InChI=1S/C10H18N4O2S.ClH/c1-14-10(5-7-12-14)17(15,16)13-8-4-9-3-2-6-11-9;/h5,7,9,11,13H,2-4,6,8H2,1H3;1H/t9-;/m1./s1. The third-order valence-corrected chi connectivity index (χ3v) is 4.53. The smallest absolute Gasteiger partial charge is 0.257 e. The Morgan fingerprint density at radius 2 is 2.39 bits per heavy atom. The van der Waals surface area contributed by atoms with Gasteiger partial charge in [-0.2, -0.15) is 5.10 Å². The van der Waals surface area contributed by atoms with Crippen LogP contribution in [0.25, 0.3) is 0 Å². The summed E-state index contributed by atoms with van der Waals surface area (Å²) in [7, 11) is -1.80. The van der Waals surface area contributed by atoms with E-state index < -0.39 is 10.0 Å². The van der Waals surface area contributed by atoms with Crippen molar-refractivity contribution >= 4 is 22.4 Å². The van der Waals surface area contributed by atoms with Crippen molar-refractivity contribution in [2.75, 3.05) is 13.1 Å². The Bertz CT molecular complexity index is 468. The molecule has 0 radical (unpaired) electrons. The maximum Gasteiger partial charge on any atom is 0.257 e. The van der Waals surface area contributed by atoms with Crippen molar-refractivity contribution in [1.29, 1.82) is 0 Å². The van der Waals surface area contributed by atoms with Crippen molar-refractivity contribution in [3.63, 3.8) is 0 Å². The fourth-order valence-electron chi connectivity index (χ4n) is 2.07. The molecule has 0 bridgehead atoms. The largest absolute Gasteiger partial charge is 0.314 e. The molecule has 1 saturated heterocycles. The van der Waals surface area contributed by atoms with Crippen LogP contribution in [0.2, 0.25) is 0 Å². The van der Waals surface area contributed by atoms with E-state index in [9.17, 15) is 8.42 Å². The van der Waals surface area contributed by atoms with E-state index in [2.05, 4.69) is 15.1 Å². The number of rotatable bonds is 5. The quantitative estimate of drug-likeness (QED) is 0.817. The van der Waals surface area contributed by atoms with Crippen molar-refractivity contribution < 1.29 is 8.42 Å². The molecule has 2 rings (SSSR count). The van der Waals surface area contributed by atoms with Gasteiger partial charge in [-0.15, -0.1) is 12.4 Å². The number of halogens is 1. The van der Waals surface area contributed by atoms with E-state index in [1.807, 2.05) is 0 Å². The van der Waals surface area contributed by atoms with Crippen molar-refractivity contribution in [1.82, 2.24) is 19.8 Å². The van der Waals surface area contributed by atoms with Gasteiger partial charge in [-0.3, -0.25) is 4.68 Å². The van der Waals surface area contributed by atoms with Crippen molar-refractivity contribution in [2.24, 2.45) is 7.05 Å². The van der Waals surface area contributed by atoms with Crippen LogP contribution in [0, 0.1) is 0 Å². The number of aryl methyl sites for hydroxylation is 1. The molecule has 1 atom stereocenters. The average Bonchev–Trinajstić information content (AvgIpc) is 2.88. The molecular formula is C10H19ClN4O2S. The number of hydrogen-bond acceptors (Lipinski definition) is 4. The Labute approximate surface area is 114 Å². The molecule has 2 heterocycles. The van der Waals surface area contributed by atoms with Crippen LogP contribution in [0.4, 0.5) is 0 Å². The highest BCUT2D eigenvalue weighted by atomic mass is 35.5. The number of sulfonamides is 1. The normalized spacial score (nSPS) is 19.7. The molecule has 1 aromatic heterocycles. The molecule has 6 nitrogen and oxygen atoms in total. The molecule has 1 aliphatic heterocycles. The molecule has 0 spiro atoms. The first-order valence-electron chi connectivity index (χ1n) is 5.80. The molecule has 0 aliphatic carbocycles. The summed E-state index contributed by atoms with van der Waals surface area (Å²) in [5.74, 6) is 0. The Hall–Kier alpha value is -0.630. The summed E-state index contributed by atoms with van der Waals surface area (Å²) in [5, 5.41) is 7.40. The molecule has 18 heavy (non-hydrogen) atoms. The second-order valence-electron chi connectivity index (χ2n) is 4.27. The molecule has 8 heteroatoms. The topological polar surface area (TPSA) is 76.0 Å². The van der Waals surface area contributed by atoms with E-state index in [0.29, 0.717) is 12.6 Å². The van der Waals surface area contributed by atoms with Gasteiger partial charge in [-0.1, -0.05) is 0 Å². The van der Waals surface area contributed by atoms with Gasteiger partial charge >= 0.3 is 0 Å². The van der Waals surface area contributed by atoms with Crippen LogP contribution >= 0.6 is 12.4 Å². The van der Waals surface area contributed by atoms with Crippen LogP contribution in [-0.2, 0) is 17.1 Å². The maximum atomic E-state index is 11.9. The van der Waals surface area contributed by atoms with Crippen LogP contribution in [0.5, 0.6) is 0 Å². The van der Waals surface area contributed by atoms with Crippen LogP contribution in [-0.4, -0.2) is 37.3 Å². The number of nitrogens with zero attached hydrogens (tertiary/aromatic N) is 2. The highest BCUT2D eigenvalue weighted by Crippen LogP contribution is 2.09. The van der Waals surface area contributed by atoms with Crippen LogP contribution in [0.3, 0.4) is 0 Å². The van der Waals surface area contributed by atoms with Gasteiger partial charge in [0, 0.05) is 19.6 Å². The summed E-state index contributed by atoms with van der Waals surface area (Å²) >= 11 is 0. The lowest BCUT2D eigenvalue weighted by atomic mass is 10.2. The Morgan fingerprint density at radius 3 is 2.94 bits per heavy atom. The first-order chi connectivity index (χ1) is 8.09. The summed E-state index contributed by atoms with van der Waals surface area (Å²) in [6.45, 7) is 1.50. The second kappa shape index (κ2) is 6.51. The summed E-state index contributed by atoms with van der Waals surface area (Å²) < 4.78 is 27.7. The highest BCUT2D eigenvalue weighted by molar-refractivity contribution is 7.89. The van der Waals surface area contributed by atoms with Gasteiger partial charge in [0.25, 0.3) is 10.0 Å². The lowest BCUT2D eigenvalue weighted by Crippen LogP contribution is -2.31. The number of hydrogen-bond donors (Lipinski definition) is 2. The molecule has 1 aliphatic rings. The SMILES string of the molecule is Cl.Cn1nccc1S(=O)(=O)NCC[C@H]1CCCN1. The predicted octanol–water partition coefficient (Wildman–Crippen LogP) is 0.262. The Balaban J connectivity index is 0.00000162. The zero-order valence-electron chi connectivity index (χ0n) is 10.3. The van der Waals surface area contributed by atoms with Crippen molar-refractivity contribution in [3.05, 3.63) is 12.3 Å².